The number of amides is 1. The molecule has 20 heavy (non-hydrogen) atoms. The summed E-state index contributed by atoms with van der Waals surface area (Å²) in [5.41, 5.74) is 5.02. The molecule has 1 atom stereocenters. The first-order valence-corrected chi connectivity index (χ1v) is 6.21. The lowest BCUT2D eigenvalue weighted by Crippen LogP contribution is -2.45. The fraction of sp³-hybridized carbons (Fsp3) is 0.429. The van der Waals surface area contributed by atoms with Crippen LogP contribution in [0.5, 0.6) is 0 Å². The number of hydrogen-bond acceptors (Lipinski definition) is 5. The topological polar surface area (TPSA) is 76.7 Å². The van der Waals surface area contributed by atoms with E-state index < -0.39 is 23.7 Å². The minimum atomic E-state index is -0.797. The predicted octanol–water partition coefficient (Wildman–Crippen LogP) is 1.93. The van der Waals surface area contributed by atoms with Gasteiger partial charge >= 0.3 is 12.1 Å². The minimum Gasteiger partial charge on any atom is -0.468 e. The first-order valence-electron chi connectivity index (χ1n) is 6.21. The monoisotopic (exact) mass is 280 g/mol. The van der Waals surface area contributed by atoms with Crippen LogP contribution in [0.2, 0.25) is 0 Å². The Kier molecular flexibility index (Phi) is 5.52. The van der Waals surface area contributed by atoms with Crippen molar-refractivity contribution in [2.45, 2.75) is 32.4 Å². The molecule has 0 aromatic heterocycles. The highest BCUT2D eigenvalue weighted by Gasteiger charge is 2.23. The molecule has 0 spiro atoms. The largest absolute Gasteiger partial charge is 0.468 e. The number of carbonyl (C=O) groups is 2. The molecule has 1 aromatic carbocycles. The zero-order valence-corrected chi connectivity index (χ0v) is 12.1. The number of rotatable bonds is 4. The quantitative estimate of drug-likeness (QED) is 0.651. The molecule has 110 valence electrons. The number of nitrogens with one attached hydrogen (secondary N) is 2. The van der Waals surface area contributed by atoms with E-state index in [-0.39, 0.29) is 0 Å². The number of methoxy groups -OCH3 is 1. The van der Waals surface area contributed by atoms with Gasteiger partial charge in [0.2, 0.25) is 0 Å². The molecule has 0 aliphatic rings. The third-order valence-electron chi connectivity index (χ3n) is 2.29. The summed E-state index contributed by atoms with van der Waals surface area (Å²) in [6.07, 6.45) is -0.665. The second-order valence-electron chi connectivity index (χ2n) is 5.14. The second-order valence-corrected chi connectivity index (χ2v) is 5.14. The summed E-state index contributed by atoms with van der Waals surface area (Å²) in [5.74, 6) is -0.507. The van der Waals surface area contributed by atoms with Gasteiger partial charge in [-0.2, -0.15) is 0 Å². The minimum absolute atomic E-state index is 0.507. The lowest BCUT2D eigenvalue weighted by atomic mass is 10.1. The zero-order chi connectivity index (χ0) is 15.2. The van der Waals surface area contributed by atoms with Gasteiger partial charge < -0.3 is 9.47 Å². The first-order chi connectivity index (χ1) is 9.33. The summed E-state index contributed by atoms with van der Waals surface area (Å²) in [6, 6.07) is 8.13. The summed E-state index contributed by atoms with van der Waals surface area (Å²) in [7, 11) is 1.29. The van der Waals surface area contributed by atoms with E-state index in [9.17, 15) is 9.59 Å². The number of esters is 1. The van der Waals surface area contributed by atoms with Crippen molar-refractivity contribution in [2.24, 2.45) is 0 Å². The van der Waals surface area contributed by atoms with Crippen molar-refractivity contribution in [3.8, 4) is 0 Å². The Morgan fingerprint density at radius 2 is 1.75 bits per heavy atom. The third kappa shape index (κ3) is 5.27. The van der Waals surface area contributed by atoms with Crippen LogP contribution < -0.4 is 10.9 Å². The summed E-state index contributed by atoms with van der Waals surface area (Å²) in [5, 5.41) is 0. The molecular weight excluding hydrogens is 260 g/mol. The van der Waals surface area contributed by atoms with Crippen LogP contribution in [0.15, 0.2) is 30.3 Å². The summed E-state index contributed by atoms with van der Waals surface area (Å²) < 4.78 is 9.78. The van der Waals surface area contributed by atoms with E-state index in [1.54, 1.807) is 45.0 Å². The molecule has 0 radical (unpaired) electrons. The zero-order valence-electron chi connectivity index (χ0n) is 12.1. The number of carbonyl (C=O) groups excluding carboxylic acids is 2. The molecule has 0 fully saturated rings. The summed E-state index contributed by atoms with van der Waals surface area (Å²) >= 11 is 0. The van der Waals surface area contributed by atoms with Crippen LogP contribution in [0.1, 0.15) is 32.4 Å². The van der Waals surface area contributed by atoms with Gasteiger partial charge in [-0.1, -0.05) is 30.3 Å². The Labute approximate surface area is 118 Å². The highest BCUT2D eigenvalue weighted by atomic mass is 16.6. The van der Waals surface area contributed by atoms with Gasteiger partial charge in [-0.3, -0.25) is 5.43 Å². The van der Waals surface area contributed by atoms with Crippen molar-refractivity contribution in [1.82, 2.24) is 10.9 Å². The molecular formula is C14H20N2O4. The summed E-state index contributed by atoms with van der Waals surface area (Å²) in [6.45, 7) is 5.25. The maximum atomic E-state index is 11.7. The SMILES string of the molecule is COC(=O)C(NNC(=O)OC(C)(C)C)c1ccccc1. The molecule has 0 saturated carbocycles. The smallest absolute Gasteiger partial charge is 0.422 e. The van der Waals surface area contributed by atoms with E-state index in [2.05, 4.69) is 10.9 Å². The second kappa shape index (κ2) is 6.91. The highest BCUT2D eigenvalue weighted by molar-refractivity contribution is 5.78. The molecule has 0 aliphatic heterocycles. The standard InChI is InChI=1S/C14H20N2O4/c1-14(2,3)20-13(18)16-15-11(12(17)19-4)10-8-6-5-7-9-10/h5-9,11,15H,1-4H3,(H,16,18). The Morgan fingerprint density at radius 3 is 2.25 bits per heavy atom. The third-order valence-corrected chi connectivity index (χ3v) is 2.29. The summed E-state index contributed by atoms with van der Waals surface area (Å²) in [4.78, 5) is 23.3. The van der Waals surface area contributed by atoms with Crippen LogP contribution in [0.4, 0.5) is 4.79 Å². The maximum absolute atomic E-state index is 11.7. The van der Waals surface area contributed by atoms with Gasteiger partial charge in [0.1, 0.15) is 11.6 Å². The maximum Gasteiger partial charge on any atom is 0.422 e. The van der Waals surface area contributed by atoms with Crippen molar-refractivity contribution >= 4 is 12.1 Å². The average Bonchev–Trinajstić information content (AvgIpc) is 2.37. The van der Waals surface area contributed by atoms with Crippen LogP contribution in [0.25, 0.3) is 0 Å². The Balaban J connectivity index is 2.68. The molecule has 6 heteroatoms. The molecule has 2 N–H and O–H groups in total. The predicted molar refractivity (Wildman–Crippen MR) is 73.7 cm³/mol. The normalized spacial score (nSPS) is 12.4. The van der Waals surface area contributed by atoms with Crippen LogP contribution in [0.3, 0.4) is 0 Å². The van der Waals surface area contributed by atoms with Gasteiger partial charge in [-0.25, -0.2) is 15.0 Å². The van der Waals surface area contributed by atoms with Crippen molar-refractivity contribution in [1.29, 1.82) is 0 Å². The molecule has 0 heterocycles. The molecule has 1 unspecified atom stereocenters. The van der Waals surface area contributed by atoms with Crippen molar-refractivity contribution < 1.29 is 19.1 Å². The van der Waals surface area contributed by atoms with Crippen LogP contribution >= 0.6 is 0 Å². The highest BCUT2D eigenvalue weighted by Crippen LogP contribution is 2.13. The van der Waals surface area contributed by atoms with Gasteiger partial charge in [-0.05, 0) is 26.3 Å². The lowest BCUT2D eigenvalue weighted by Gasteiger charge is -2.22. The number of hydrogen-bond donors (Lipinski definition) is 2. The van der Waals surface area contributed by atoms with Crippen molar-refractivity contribution in [3.05, 3.63) is 35.9 Å². The van der Waals surface area contributed by atoms with Gasteiger partial charge in [0.25, 0.3) is 0 Å². The van der Waals surface area contributed by atoms with E-state index in [1.165, 1.54) is 7.11 Å². The molecule has 1 rings (SSSR count). The van der Waals surface area contributed by atoms with Crippen LogP contribution in [-0.2, 0) is 14.3 Å². The Bertz CT molecular complexity index is 454. The number of benzene rings is 1. The molecule has 1 amide bonds. The molecule has 0 saturated heterocycles. The number of ether oxygens (including phenoxy) is 2. The molecule has 1 aromatic rings. The molecule has 6 nitrogen and oxygen atoms in total. The Hall–Kier alpha value is -2.08. The van der Waals surface area contributed by atoms with Gasteiger partial charge in [0, 0.05) is 0 Å². The molecule has 0 bridgehead atoms. The van der Waals surface area contributed by atoms with E-state index in [1.807, 2.05) is 6.07 Å². The van der Waals surface area contributed by atoms with Gasteiger partial charge in [-0.15, -0.1) is 0 Å². The van der Waals surface area contributed by atoms with E-state index in [0.29, 0.717) is 5.56 Å². The van der Waals surface area contributed by atoms with Crippen LogP contribution in [-0.4, -0.2) is 24.8 Å². The van der Waals surface area contributed by atoms with Crippen molar-refractivity contribution in [3.63, 3.8) is 0 Å². The van der Waals surface area contributed by atoms with Crippen LogP contribution in [0, 0.1) is 0 Å². The van der Waals surface area contributed by atoms with E-state index in [0.717, 1.165) is 0 Å². The fourth-order valence-electron chi connectivity index (χ4n) is 1.48. The van der Waals surface area contributed by atoms with E-state index in [4.69, 9.17) is 9.47 Å². The number of hydrazine groups is 1. The first kappa shape index (κ1) is 16.0. The fourth-order valence-corrected chi connectivity index (χ4v) is 1.48. The van der Waals surface area contributed by atoms with Gasteiger partial charge in [0.05, 0.1) is 7.11 Å². The van der Waals surface area contributed by atoms with Crippen molar-refractivity contribution in [2.75, 3.05) is 7.11 Å². The van der Waals surface area contributed by atoms with Gasteiger partial charge in [0.15, 0.2) is 0 Å². The van der Waals surface area contributed by atoms with E-state index >= 15 is 0 Å². The lowest BCUT2D eigenvalue weighted by molar-refractivity contribution is -0.143. The Morgan fingerprint density at radius 1 is 1.15 bits per heavy atom. The molecule has 0 aliphatic carbocycles. The average molecular weight is 280 g/mol.